The van der Waals surface area contributed by atoms with E-state index in [-0.39, 0.29) is 0 Å². The lowest BCUT2D eigenvalue weighted by molar-refractivity contribution is 0.0639. The van der Waals surface area contributed by atoms with Crippen LogP contribution in [-0.2, 0) is 4.74 Å². The molecular weight excluding hydrogens is 328 g/mol. The number of piperidine rings is 1. The Bertz CT molecular complexity index is 742. The van der Waals surface area contributed by atoms with Gasteiger partial charge in [-0.25, -0.2) is 0 Å². The molecule has 3 fully saturated rings. The van der Waals surface area contributed by atoms with E-state index < -0.39 is 0 Å². The monoisotopic (exact) mass is 356 g/mol. The van der Waals surface area contributed by atoms with Gasteiger partial charge in [-0.05, 0) is 63.7 Å². The van der Waals surface area contributed by atoms with Crippen molar-refractivity contribution in [1.29, 1.82) is 0 Å². The number of fused-ring (bicyclic) bond motifs is 1. The van der Waals surface area contributed by atoms with Gasteiger partial charge >= 0.3 is 0 Å². The summed E-state index contributed by atoms with van der Waals surface area (Å²) in [5.41, 5.74) is 0.865. The van der Waals surface area contributed by atoms with E-state index in [4.69, 9.17) is 9.84 Å². The van der Waals surface area contributed by atoms with Crippen molar-refractivity contribution in [1.82, 2.24) is 24.7 Å². The molecule has 0 aromatic carbocycles. The molecule has 3 aliphatic heterocycles. The zero-order valence-corrected chi connectivity index (χ0v) is 15.4. The van der Waals surface area contributed by atoms with Gasteiger partial charge in [-0.2, -0.15) is 4.52 Å². The van der Waals surface area contributed by atoms with Crippen molar-refractivity contribution < 1.29 is 4.74 Å². The van der Waals surface area contributed by atoms with Gasteiger partial charge in [-0.1, -0.05) is 0 Å². The van der Waals surface area contributed by atoms with Crippen LogP contribution in [0.1, 0.15) is 50.3 Å². The smallest absolute Gasteiger partial charge is 0.178 e. The van der Waals surface area contributed by atoms with E-state index in [0.29, 0.717) is 12.0 Å². The molecule has 26 heavy (non-hydrogen) atoms. The standard InChI is InChI=1S/C19H28N6O/c1-2-10-24(9-1)18-6-5-17-20-21-19(25(17)22-18)15-7-11-23(12-8-15)14-16-4-3-13-26-16/h5-6,15-16H,1-4,7-14H2. The minimum atomic E-state index is 0.449. The molecule has 0 amide bonds. The molecule has 7 heteroatoms. The van der Waals surface area contributed by atoms with Crippen molar-refractivity contribution in [2.45, 2.75) is 50.5 Å². The van der Waals surface area contributed by atoms with E-state index in [1.807, 2.05) is 4.52 Å². The van der Waals surface area contributed by atoms with Gasteiger partial charge in [0, 0.05) is 32.2 Å². The van der Waals surface area contributed by atoms with Gasteiger partial charge in [0.05, 0.1) is 6.10 Å². The summed E-state index contributed by atoms with van der Waals surface area (Å²) in [6, 6.07) is 4.15. The highest BCUT2D eigenvalue weighted by Gasteiger charge is 2.27. The second-order valence-electron chi connectivity index (χ2n) is 7.92. The van der Waals surface area contributed by atoms with Crippen molar-refractivity contribution in [2.24, 2.45) is 0 Å². The molecule has 0 N–H and O–H groups in total. The fourth-order valence-electron chi connectivity index (χ4n) is 4.62. The maximum absolute atomic E-state index is 5.79. The fraction of sp³-hybridized carbons (Fsp3) is 0.737. The number of ether oxygens (including phenoxy) is 1. The van der Waals surface area contributed by atoms with Crippen LogP contribution >= 0.6 is 0 Å². The Labute approximate surface area is 154 Å². The summed E-state index contributed by atoms with van der Waals surface area (Å²) in [6.07, 6.45) is 7.67. The molecule has 140 valence electrons. The molecule has 7 nitrogen and oxygen atoms in total. The van der Waals surface area contributed by atoms with E-state index in [1.165, 1.54) is 25.7 Å². The Balaban J connectivity index is 1.29. The molecule has 3 saturated heterocycles. The predicted octanol–water partition coefficient (Wildman–Crippen LogP) is 2.08. The zero-order chi connectivity index (χ0) is 17.3. The number of aromatic nitrogens is 4. The van der Waals surface area contributed by atoms with Crippen LogP contribution in [0.4, 0.5) is 5.82 Å². The van der Waals surface area contributed by atoms with Crippen molar-refractivity contribution in [3.05, 3.63) is 18.0 Å². The average Bonchev–Trinajstić information content (AvgIpc) is 3.43. The van der Waals surface area contributed by atoms with Gasteiger partial charge in [0.1, 0.15) is 5.82 Å². The van der Waals surface area contributed by atoms with Crippen LogP contribution in [0.5, 0.6) is 0 Å². The van der Waals surface area contributed by atoms with E-state index in [0.717, 1.165) is 69.5 Å². The highest BCUT2D eigenvalue weighted by molar-refractivity contribution is 5.46. The number of hydrogen-bond acceptors (Lipinski definition) is 6. The van der Waals surface area contributed by atoms with Gasteiger partial charge < -0.3 is 14.5 Å². The Morgan fingerprint density at radius 3 is 2.58 bits per heavy atom. The van der Waals surface area contributed by atoms with Crippen LogP contribution in [0, 0.1) is 0 Å². The highest BCUT2D eigenvalue weighted by atomic mass is 16.5. The first-order valence-corrected chi connectivity index (χ1v) is 10.2. The van der Waals surface area contributed by atoms with Gasteiger partial charge in [-0.3, -0.25) is 0 Å². The molecule has 0 aliphatic carbocycles. The average molecular weight is 356 g/mol. The number of nitrogens with zero attached hydrogens (tertiary/aromatic N) is 6. The van der Waals surface area contributed by atoms with E-state index >= 15 is 0 Å². The molecule has 0 spiro atoms. The molecule has 1 unspecified atom stereocenters. The number of rotatable bonds is 4. The van der Waals surface area contributed by atoms with Crippen molar-refractivity contribution >= 4 is 11.5 Å². The molecular formula is C19H28N6O. The summed E-state index contributed by atoms with van der Waals surface area (Å²) >= 11 is 0. The highest BCUT2D eigenvalue weighted by Crippen LogP contribution is 2.28. The molecule has 2 aromatic rings. The number of hydrogen-bond donors (Lipinski definition) is 0. The SMILES string of the molecule is c1cc2nnc(C3CCN(CC4CCCO4)CC3)n2nc1N1CCCC1. The van der Waals surface area contributed by atoms with E-state index in [9.17, 15) is 0 Å². The summed E-state index contributed by atoms with van der Waals surface area (Å²) in [5.74, 6) is 2.55. The fourth-order valence-corrected chi connectivity index (χ4v) is 4.62. The van der Waals surface area contributed by atoms with Crippen LogP contribution in [0.2, 0.25) is 0 Å². The lowest BCUT2D eigenvalue weighted by Gasteiger charge is -2.32. The van der Waals surface area contributed by atoms with Crippen LogP contribution in [0.3, 0.4) is 0 Å². The first kappa shape index (κ1) is 16.4. The Kier molecular flexibility index (Phi) is 4.50. The molecule has 0 radical (unpaired) electrons. The first-order valence-electron chi connectivity index (χ1n) is 10.2. The maximum Gasteiger partial charge on any atom is 0.178 e. The second kappa shape index (κ2) is 7.12. The third-order valence-corrected chi connectivity index (χ3v) is 6.14. The summed E-state index contributed by atoms with van der Waals surface area (Å²) < 4.78 is 7.79. The lowest BCUT2D eigenvalue weighted by atomic mass is 9.96. The van der Waals surface area contributed by atoms with Crippen LogP contribution in [0.25, 0.3) is 5.65 Å². The normalized spacial score (nSPS) is 25.5. The molecule has 2 aromatic heterocycles. The topological polar surface area (TPSA) is 58.8 Å². The maximum atomic E-state index is 5.79. The summed E-state index contributed by atoms with van der Waals surface area (Å²) in [6.45, 7) is 6.48. The summed E-state index contributed by atoms with van der Waals surface area (Å²) in [5, 5.41) is 13.7. The second-order valence-corrected chi connectivity index (χ2v) is 7.92. The molecule has 1 atom stereocenters. The lowest BCUT2D eigenvalue weighted by Crippen LogP contribution is -2.38. The van der Waals surface area contributed by atoms with Crippen molar-refractivity contribution in [3.8, 4) is 0 Å². The Morgan fingerprint density at radius 2 is 1.81 bits per heavy atom. The van der Waals surface area contributed by atoms with E-state index in [1.54, 1.807) is 0 Å². The van der Waals surface area contributed by atoms with Crippen LogP contribution in [-0.4, -0.2) is 70.1 Å². The molecule has 5 rings (SSSR count). The quantitative estimate of drug-likeness (QED) is 0.836. The Hall–Kier alpha value is -1.73. The van der Waals surface area contributed by atoms with Gasteiger partial charge in [0.25, 0.3) is 0 Å². The molecule has 0 bridgehead atoms. The summed E-state index contributed by atoms with van der Waals surface area (Å²) in [4.78, 5) is 4.92. The zero-order valence-electron chi connectivity index (χ0n) is 15.4. The van der Waals surface area contributed by atoms with Gasteiger partial charge in [0.15, 0.2) is 11.5 Å². The predicted molar refractivity (Wildman–Crippen MR) is 99.6 cm³/mol. The molecule has 0 saturated carbocycles. The third-order valence-electron chi connectivity index (χ3n) is 6.14. The Morgan fingerprint density at radius 1 is 0.962 bits per heavy atom. The summed E-state index contributed by atoms with van der Waals surface area (Å²) in [7, 11) is 0. The third kappa shape index (κ3) is 3.18. The number of anilines is 1. The van der Waals surface area contributed by atoms with Crippen LogP contribution in [0.15, 0.2) is 12.1 Å². The van der Waals surface area contributed by atoms with Gasteiger partial charge in [0.2, 0.25) is 0 Å². The van der Waals surface area contributed by atoms with Crippen LogP contribution < -0.4 is 4.90 Å². The van der Waals surface area contributed by atoms with Crippen molar-refractivity contribution in [2.75, 3.05) is 44.2 Å². The van der Waals surface area contributed by atoms with Crippen molar-refractivity contribution in [3.63, 3.8) is 0 Å². The number of likely N-dealkylation sites (tertiary alicyclic amines) is 1. The van der Waals surface area contributed by atoms with E-state index in [2.05, 4.69) is 32.1 Å². The van der Waals surface area contributed by atoms with Gasteiger partial charge in [-0.15, -0.1) is 15.3 Å². The minimum Gasteiger partial charge on any atom is -0.377 e. The first-order chi connectivity index (χ1) is 12.9. The minimum absolute atomic E-state index is 0.449. The molecule has 5 heterocycles. The molecule has 3 aliphatic rings. The largest absolute Gasteiger partial charge is 0.377 e.